The van der Waals surface area contributed by atoms with E-state index in [0.29, 0.717) is 22.9 Å². The molecule has 0 radical (unpaired) electrons. The maximum atomic E-state index is 11.8. The normalized spacial score (nSPS) is 21.6. The first kappa shape index (κ1) is 14.2. The molecule has 102 valence electrons. The van der Waals surface area contributed by atoms with Gasteiger partial charge in [0.2, 0.25) is 5.91 Å². The van der Waals surface area contributed by atoms with E-state index in [9.17, 15) is 9.59 Å². The first-order valence-corrected chi connectivity index (χ1v) is 6.69. The highest BCUT2D eigenvalue weighted by Crippen LogP contribution is 2.34. The molecule has 1 aromatic carbocycles. The van der Waals surface area contributed by atoms with Gasteiger partial charge in [-0.3, -0.25) is 9.59 Å². The number of carboxylic acids is 1. The van der Waals surface area contributed by atoms with E-state index in [0.717, 1.165) is 5.56 Å². The number of nitrogens with one attached hydrogen (secondary N) is 1. The molecule has 2 N–H and O–H groups in total. The van der Waals surface area contributed by atoms with Gasteiger partial charge in [-0.25, -0.2) is 0 Å². The Hall–Kier alpha value is -1.26. The molecule has 1 fully saturated rings. The summed E-state index contributed by atoms with van der Waals surface area (Å²) in [6.07, 6.45) is 1.19. The zero-order valence-corrected chi connectivity index (χ0v) is 11.5. The third-order valence-corrected chi connectivity index (χ3v) is 3.98. The molecule has 0 saturated heterocycles. The van der Waals surface area contributed by atoms with Gasteiger partial charge in [-0.05, 0) is 30.5 Å². The van der Waals surface area contributed by atoms with Crippen molar-refractivity contribution in [3.8, 4) is 0 Å². The topological polar surface area (TPSA) is 66.4 Å². The fourth-order valence-electron chi connectivity index (χ4n) is 2.09. The minimum absolute atomic E-state index is 0.232. The van der Waals surface area contributed by atoms with Gasteiger partial charge in [0.25, 0.3) is 0 Å². The average molecular weight is 302 g/mol. The van der Waals surface area contributed by atoms with Crippen molar-refractivity contribution in [1.29, 1.82) is 0 Å². The van der Waals surface area contributed by atoms with E-state index < -0.39 is 17.8 Å². The molecular weight excluding hydrogens is 289 g/mol. The number of carboxylic acid groups (broad SMARTS) is 1. The molecule has 0 heterocycles. The fourth-order valence-corrected chi connectivity index (χ4v) is 2.56. The van der Waals surface area contributed by atoms with Crippen molar-refractivity contribution in [3.63, 3.8) is 0 Å². The molecule has 1 saturated carbocycles. The van der Waals surface area contributed by atoms with E-state index in [1.807, 2.05) is 0 Å². The van der Waals surface area contributed by atoms with Gasteiger partial charge < -0.3 is 10.4 Å². The maximum absolute atomic E-state index is 11.8. The van der Waals surface area contributed by atoms with Gasteiger partial charge in [0, 0.05) is 16.6 Å². The fraction of sp³-hybridized carbons (Fsp3) is 0.385. The van der Waals surface area contributed by atoms with Crippen LogP contribution in [0.3, 0.4) is 0 Å². The lowest BCUT2D eigenvalue weighted by molar-refractivity contribution is -0.152. The Morgan fingerprint density at radius 1 is 1.26 bits per heavy atom. The van der Waals surface area contributed by atoms with Crippen LogP contribution < -0.4 is 5.32 Å². The third kappa shape index (κ3) is 3.19. The highest BCUT2D eigenvalue weighted by atomic mass is 35.5. The molecule has 19 heavy (non-hydrogen) atoms. The van der Waals surface area contributed by atoms with Crippen molar-refractivity contribution < 1.29 is 14.7 Å². The monoisotopic (exact) mass is 301 g/mol. The number of carbonyl (C=O) groups is 2. The quantitative estimate of drug-likeness (QED) is 0.898. The predicted octanol–water partition coefficient (Wildman–Crippen LogP) is 2.72. The minimum Gasteiger partial charge on any atom is -0.481 e. The lowest BCUT2D eigenvalue weighted by atomic mass is 9.73. The van der Waals surface area contributed by atoms with E-state index in [1.54, 1.807) is 18.2 Å². The average Bonchev–Trinajstić information content (AvgIpc) is 2.25. The zero-order chi connectivity index (χ0) is 14.0. The summed E-state index contributed by atoms with van der Waals surface area (Å²) < 4.78 is 0. The Kier molecular flexibility index (Phi) is 4.32. The van der Waals surface area contributed by atoms with Gasteiger partial charge in [-0.15, -0.1) is 0 Å². The number of amides is 1. The lowest BCUT2D eigenvalue weighted by Crippen LogP contribution is -2.43. The van der Waals surface area contributed by atoms with Crippen LogP contribution in [0.4, 0.5) is 0 Å². The molecule has 0 aromatic heterocycles. The number of rotatable bonds is 4. The Morgan fingerprint density at radius 2 is 1.95 bits per heavy atom. The summed E-state index contributed by atoms with van der Waals surface area (Å²) in [7, 11) is 0. The van der Waals surface area contributed by atoms with Crippen molar-refractivity contribution in [2.24, 2.45) is 11.8 Å². The molecule has 1 aromatic rings. The summed E-state index contributed by atoms with van der Waals surface area (Å²) in [5.41, 5.74) is 0.755. The van der Waals surface area contributed by atoms with Crippen LogP contribution in [0, 0.1) is 11.8 Å². The summed E-state index contributed by atoms with van der Waals surface area (Å²) in [5.74, 6) is -2.12. The Bertz CT molecular complexity index is 519. The predicted molar refractivity (Wildman–Crippen MR) is 72.2 cm³/mol. The van der Waals surface area contributed by atoms with Crippen LogP contribution in [0.1, 0.15) is 18.4 Å². The van der Waals surface area contributed by atoms with Crippen molar-refractivity contribution in [2.75, 3.05) is 0 Å². The number of hydrogen-bond donors (Lipinski definition) is 2. The lowest BCUT2D eigenvalue weighted by Gasteiger charge is -2.31. The first-order valence-electron chi connectivity index (χ1n) is 5.93. The van der Waals surface area contributed by atoms with Crippen LogP contribution in [-0.4, -0.2) is 17.0 Å². The van der Waals surface area contributed by atoms with E-state index in [2.05, 4.69) is 5.32 Å². The Morgan fingerprint density at radius 3 is 2.47 bits per heavy atom. The second kappa shape index (κ2) is 5.80. The number of carbonyl (C=O) groups excluding carboxylic acids is 1. The molecule has 2 rings (SSSR count). The molecule has 1 aliphatic rings. The molecule has 1 aliphatic carbocycles. The largest absolute Gasteiger partial charge is 0.481 e. The number of benzene rings is 1. The van der Waals surface area contributed by atoms with Gasteiger partial charge in [0.05, 0.1) is 11.8 Å². The first-order chi connectivity index (χ1) is 8.99. The van der Waals surface area contributed by atoms with Crippen molar-refractivity contribution >= 4 is 35.1 Å². The highest BCUT2D eigenvalue weighted by molar-refractivity contribution is 6.35. The second-order valence-corrected chi connectivity index (χ2v) is 5.43. The van der Waals surface area contributed by atoms with Crippen LogP contribution in [0.5, 0.6) is 0 Å². The molecule has 6 heteroatoms. The number of aliphatic carboxylic acids is 1. The second-order valence-electron chi connectivity index (χ2n) is 4.58. The molecule has 1 amide bonds. The Labute approximate surface area is 120 Å². The Balaban J connectivity index is 1.92. The van der Waals surface area contributed by atoms with Crippen LogP contribution in [-0.2, 0) is 16.1 Å². The van der Waals surface area contributed by atoms with Crippen molar-refractivity contribution in [3.05, 3.63) is 33.8 Å². The van der Waals surface area contributed by atoms with E-state index in [-0.39, 0.29) is 12.5 Å². The van der Waals surface area contributed by atoms with Gasteiger partial charge in [0.1, 0.15) is 0 Å². The van der Waals surface area contributed by atoms with Crippen LogP contribution in [0.25, 0.3) is 0 Å². The van der Waals surface area contributed by atoms with Crippen LogP contribution >= 0.6 is 23.2 Å². The molecule has 4 nitrogen and oxygen atoms in total. The number of hydrogen-bond acceptors (Lipinski definition) is 2. The maximum Gasteiger partial charge on any atom is 0.307 e. The van der Waals surface area contributed by atoms with Gasteiger partial charge in [-0.1, -0.05) is 29.3 Å². The summed E-state index contributed by atoms with van der Waals surface area (Å²) in [5, 5.41) is 12.6. The molecule has 0 spiro atoms. The summed E-state index contributed by atoms with van der Waals surface area (Å²) >= 11 is 11.8. The van der Waals surface area contributed by atoms with Crippen molar-refractivity contribution in [1.82, 2.24) is 5.32 Å². The minimum atomic E-state index is -0.907. The van der Waals surface area contributed by atoms with Gasteiger partial charge >= 0.3 is 5.97 Å². The van der Waals surface area contributed by atoms with E-state index in [4.69, 9.17) is 28.3 Å². The highest BCUT2D eigenvalue weighted by Gasteiger charge is 2.41. The van der Waals surface area contributed by atoms with E-state index >= 15 is 0 Å². The number of halogens is 2. The summed E-state index contributed by atoms with van der Waals surface area (Å²) in [4.78, 5) is 22.7. The summed E-state index contributed by atoms with van der Waals surface area (Å²) in [6.45, 7) is 0.275. The smallest absolute Gasteiger partial charge is 0.307 e. The van der Waals surface area contributed by atoms with Gasteiger partial charge in [0.15, 0.2) is 0 Å². The molecule has 2 atom stereocenters. The van der Waals surface area contributed by atoms with E-state index in [1.165, 1.54) is 0 Å². The third-order valence-electron chi connectivity index (χ3n) is 3.40. The SMILES string of the molecule is O=C(O)C1CCC1C(=O)NCc1ccc(Cl)cc1Cl. The molecular formula is C13H13Cl2NO3. The zero-order valence-electron chi connectivity index (χ0n) is 10.0. The standard InChI is InChI=1S/C13H13Cl2NO3/c14-8-2-1-7(11(15)5-8)6-16-12(17)9-3-4-10(9)13(18)19/h1-2,5,9-10H,3-4,6H2,(H,16,17)(H,18,19). The molecule has 2 unspecified atom stereocenters. The summed E-state index contributed by atoms with van der Waals surface area (Å²) in [6, 6.07) is 5.03. The molecule has 0 bridgehead atoms. The van der Waals surface area contributed by atoms with Crippen molar-refractivity contribution in [2.45, 2.75) is 19.4 Å². The molecule has 0 aliphatic heterocycles. The van der Waals surface area contributed by atoms with Gasteiger partial charge in [-0.2, -0.15) is 0 Å². The van der Waals surface area contributed by atoms with Crippen LogP contribution in [0.2, 0.25) is 10.0 Å². The van der Waals surface area contributed by atoms with Crippen LogP contribution in [0.15, 0.2) is 18.2 Å².